The van der Waals surface area contributed by atoms with Gasteiger partial charge in [-0.05, 0) is 31.4 Å². The zero-order valence-electron chi connectivity index (χ0n) is 11.3. The highest BCUT2D eigenvalue weighted by Crippen LogP contribution is 2.27. The molecular formula is C13H18N4O3. The first-order chi connectivity index (χ1) is 9.47. The number of nitro benzene ring substituents is 1. The minimum atomic E-state index is -0.412. The molecule has 1 fully saturated rings. The zero-order valence-corrected chi connectivity index (χ0v) is 11.3. The monoisotopic (exact) mass is 278 g/mol. The van der Waals surface area contributed by atoms with Crippen LogP contribution in [0.25, 0.3) is 0 Å². The summed E-state index contributed by atoms with van der Waals surface area (Å²) in [6.45, 7) is 2.97. The molecule has 1 aromatic carbocycles. The van der Waals surface area contributed by atoms with E-state index in [4.69, 9.17) is 5.73 Å². The number of rotatable bonds is 3. The molecule has 0 aliphatic carbocycles. The first-order valence-electron chi connectivity index (χ1n) is 6.53. The molecule has 0 spiro atoms. The quantitative estimate of drug-likeness (QED) is 0.650. The third-order valence-corrected chi connectivity index (χ3v) is 3.52. The highest BCUT2D eigenvalue weighted by Gasteiger charge is 2.23. The average Bonchev–Trinajstić information content (AvgIpc) is 2.41. The van der Waals surface area contributed by atoms with Gasteiger partial charge in [0, 0.05) is 25.2 Å². The van der Waals surface area contributed by atoms with Gasteiger partial charge in [0.1, 0.15) is 5.69 Å². The van der Waals surface area contributed by atoms with Gasteiger partial charge in [-0.3, -0.25) is 10.1 Å². The molecule has 1 heterocycles. The molecule has 1 aliphatic rings. The molecular weight excluding hydrogens is 260 g/mol. The predicted octanol–water partition coefficient (Wildman–Crippen LogP) is 1.86. The van der Waals surface area contributed by atoms with Crippen LogP contribution < -0.4 is 11.1 Å². The number of nitrogens with two attached hydrogens (primary N) is 1. The number of anilines is 1. The maximum absolute atomic E-state index is 11.1. The first-order valence-corrected chi connectivity index (χ1v) is 6.53. The summed E-state index contributed by atoms with van der Waals surface area (Å²) in [5.74, 6) is 0. The van der Waals surface area contributed by atoms with Crippen molar-refractivity contribution in [3.8, 4) is 0 Å². The number of amides is 2. The number of hydrogen-bond acceptors (Lipinski definition) is 4. The Morgan fingerprint density at radius 3 is 2.65 bits per heavy atom. The zero-order chi connectivity index (χ0) is 14.7. The highest BCUT2D eigenvalue weighted by atomic mass is 16.6. The van der Waals surface area contributed by atoms with E-state index in [-0.39, 0.29) is 16.7 Å². The Bertz CT molecular complexity index is 524. The SMILES string of the molecule is Cc1ccc(NC2CCN(C(N)=O)CC2)c([N+](=O)[O-])c1. The molecule has 0 atom stereocenters. The minimum absolute atomic E-state index is 0.0855. The average molecular weight is 278 g/mol. The number of urea groups is 1. The van der Waals surface area contributed by atoms with Crippen LogP contribution in [-0.4, -0.2) is 35.0 Å². The molecule has 1 saturated heterocycles. The van der Waals surface area contributed by atoms with Crippen molar-refractivity contribution in [2.75, 3.05) is 18.4 Å². The van der Waals surface area contributed by atoms with Crippen molar-refractivity contribution in [2.24, 2.45) is 5.73 Å². The number of carbonyl (C=O) groups excluding carboxylic acids is 1. The van der Waals surface area contributed by atoms with Gasteiger partial charge in [-0.15, -0.1) is 0 Å². The van der Waals surface area contributed by atoms with E-state index in [0.717, 1.165) is 18.4 Å². The summed E-state index contributed by atoms with van der Waals surface area (Å²) in [4.78, 5) is 23.3. The van der Waals surface area contributed by atoms with Crippen molar-refractivity contribution >= 4 is 17.4 Å². The molecule has 20 heavy (non-hydrogen) atoms. The summed E-state index contributed by atoms with van der Waals surface area (Å²) >= 11 is 0. The summed E-state index contributed by atoms with van der Waals surface area (Å²) in [7, 11) is 0. The summed E-state index contributed by atoms with van der Waals surface area (Å²) in [5, 5.41) is 14.3. The van der Waals surface area contributed by atoms with Gasteiger partial charge in [0.25, 0.3) is 5.69 Å². The fourth-order valence-corrected chi connectivity index (χ4v) is 2.38. The Morgan fingerprint density at radius 2 is 2.10 bits per heavy atom. The van der Waals surface area contributed by atoms with Crippen LogP contribution in [0, 0.1) is 17.0 Å². The molecule has 0 saturated carbocycles. The lowest BCUT2D eigenvalue weighted by Crippen LogP contribution is -2.44. The Labute approximate surface area is 116 Å². The van der Waals surface area contributed by atoms with Crippen LogP contribution in [0.15, 0.2) is 18.2 Å². The van der Waals surface area contributed by atoms with Gasteiger partial charge >= 0.3 is 6.03 Å². The van der Waals surface area contributed by atoms with Crippen molar-refractivity contribution in [3.63, 3.8) is 0 Å². The van der Waals surface area contributed by atoms with Gasteiger partial charge in [0.2, 0.25) is 0 Å². The molecule has 1 aliphatic heterocycles. The van der Waals surface area contributed by atoms with E-state index in [1.165, 1.54) is 0 Å². The van der Waals surface area contributed by atoms with E-state index >= 15 is 0 Å². The molecule has 1 aromatic rings. The number of aryl methyl sites for hydroxylation is 1. The van der Waals surface area contributed by atoms with Crippen LogP contribution in [-0.2, 0) is 0 Å². The Kier molecular flexibility index (Phi) is 4.07. The number of carbonyl (C=O) groups is 1. The van der Waals surface area contributed by atoms with Gasteiger partial charge in [-0.2, -0.15) is 0 Å². The van der Waals surface area contributed by atoms with E-state index in [1.54, 1.807) is 17.0 Å². The number of nitro groups is 1. The van der Waals surface area contributed by atoms with Crippen LogP contribution in [0.4, 0.5) is 16.2 Å². The van der Waals surface area contributed by atoms with Crippen LogP contribution in [0.5, 0.6) is 0 Å². The number of nitrogens with one attached hydrogen (secondary N) is 1. The van der Waals surface area contributed by atoms with Gasteiger partial charge in [0.05, 0.1) is 4.92 Å². The Balaban J connectivity index is 2.04. The maximum atomic E-state index is 11.1. The number of nitrogens with zero attached hydrogens (tertiary/aromatic N) is 2. The first kappa shape index (κ1) is 14.1. The van der Waals surface area contributed by atoms with Crippen molar-refractivity contribution in [1.29, 1.82) is 0 Å². The molecule has 0 unspecified atom stereocenters. The summed E-state index contributed by atoms with van der Waals surface area (Å²) < 4.78 is 0. The largest absolute Gasteiger partial charge is 0.377 e. The van der Waals surface area contributed by atoms with Crippen molar-refractivity contribution in [1.82, 2.24) is 4.90 Å². The molecule has 108 valence electrons. The van der Waals surface area contributed by atoms with Gasteiger partial charge in [-0.1, -0.05) is 6.07 Å². The summed E-state index contributed by atoms with van der Waals surface area (Å²) in [6, 6.07) is 4.83. The fraction of sp³-hybridized carbons (Fsp3) is 0.462. The second kappa shape index (κ2) is 5.77. The number of primary amides is 1. The minimum Gasteiger partial charge on any atom is -0.377 e. The van der Waals surface area contributed by atoms with E-state index in [1.807, 2.05) is 13.0 Å². The lowest BCUT2D eigenvalue weighted by atomic mass is 10.0. The second-order valence-electron chi connectivity index (χ2n) is 5.02. The van der Waals surface area contributed by atoms with Crippen LogP contribution >= 0.6 is 0 Å². The molecule has 7 heteroatoms. The van der Waals surface area contributed by atoms with Crippen LogP contribution in [0.2, 0.25) is 0 Å². The standard InChI is InChI=1S/C13H18N4O3/c1-9-2-3-11(12(8-9)17(19)20)15-10-4-6-16(7-5-10)13(14)18/h2-3,8,10,15H,4-7H2,1H3,(H2,14,18). The normalized spacial score (nSPS) is 15.9. The number of hydrogen-bond donors (Lipinski definition) is 2. The number of benzene rings is 1. The summed E-state index contributed by atoms with van der Waals surface area (Å²) in [6.07, 6.45) is 1.46. The summed E-state index contributed by atoms with van der Waals surface area (Å²) in [5.41, 5.74) is 6.69. The molecule has 0 bridgehead atoms. The molecule has 0 aromatic heterocycles. The highest BCUT2D eigenvalue weighted by molar-refractivity contribution is 5.72. The smallest absolute Gasteiger partial charge is 0.314 e. The van der Waals surface area contributed by atoms with E-state index < -0.39 is 6.03 Å². The molecule has 7 nitrogen and oxygen atoms in total. The molecule has 3 N–H and O–H groups in total. The van der Waals surface area contributed by atoms with Gasteiger partial charge in [0.15, 0.2) is 0 Å². The maximum Gasteiger partial charge on any atom is 0.314 e. The Morgan fingerprint density at radius 1 is 1.45 bits per heavy atom. The number of piperidine rings is 1. The van der Waals surface area contributed by atoms with Crippen LogP contribution in [0.1, 0.15) is 18.4 Å². The van der Waals surface area contributed by atoms with Crippen LogP contribution in [0.3, 0.4) is 0 Å². The van der Waals surface area contributed by atoms with Gasteiger partial charge in [-0.25, -0.2) is 4.79 Å². The number of likely N-dealkylation sites (tertiary alicyclic amines) is 1. The van der Waals surface area contributed by atoms with E-state index in [2.05, 4.69) is 5.32 Å². The molecule has 2 rings (SSSR count). The van der Waals surface area contributed by atoms with Crippen molar-refractivity contribution in [3.05, 3.63) is 33.9 Å². The Hall–Kier alpha value is -2.31. The fourth-order valence-electron chi connectivity index (χ4n) is 2.38. The third-order valence-electron chi connectivity index (χ3n) is 3.52. The lowest BCUT2D eigenvalue weighted by molar-refractivity contribution is -0.384. The van der Waals surface area contributed by atoms with Crippen molar-refractivity contribution < 1.29 is 9.72 Å². The topological polar surface area (TPSA) is 102 Å². The second-order valence-corrected chi connectivity index (χ2v) is 5.02. The van der Waals surface area contributed by atoms with E-state index in [0.29, 0.717) is 18.8 Å². The third kappa shape index (κ3) is 3.17. The van der Waals surface area contributed by atoms with Gasteiger partial charge < -0.3 is 16.0 Å². The van der Waals surface area contributed by atoms with E-state index in [9.17, 15) is 14.9 Å². The molecule has 2 amide bonds. The predicted molar refractivity (Wildman–Crippen MR) is 75.6 cm³/mol. The molecule has 0 radical (unpaired) electrons. The van der Waals surface area contributed by atoms with Crippen molar-refractivity contribution in [2.45, 2.75) is 25.8 Å². The lowest BCUT2D eigenvalue weighted by Gasteiger charge is -2.31.